The number of hydrogen-bond donors (Lipinski definition) is 1. The van der Waals surface area contributed by atoms with Gasteiger partial charge in [0.05, 0.1) is 0 Å². The van der Waals surface area contributed by atoms with Crippen molar-refractivity contribution in [1.82, 2.24) is 0 Å². The fourth-order valence-electron chi connectivity index (χ4n) is 1.95. The summed E-state index contributed by atoms with van der Waals surface area (Å²) in [4.78, 5) is 10.9. The Kier molecular flexibility index (Phi) is 2.74. The predicted octanol–water partition coefficient (Wildman–Crippen LogP) is 1.22. The lowest BCUT2D eigenvalue weighted by molar-refractivity contribution is -0.550. The van der Waals surface area contributed by atoms with E-state index >= 15 is 0 Å². The minimum Gasteiger partial charge on any atom is -0.474 e. The molecular weight excluding hydrogens is 166 g/mol. The first-order valence-corrected chi connectivity index (χ1v) is 4.77. The zero-order valence-corrected chi connectivity index (χ0v) is 8.74. The van der Waals surface area contributed by atoms with E-state index in [1.165, 1.54) is 0 Å². The highest BCUT2D eigenvalue weighted by Crippen LogP contribution is 2.25. The van der Waals surface area contributed by atoms with Crippen LogP contribution < -0.4 is 0 Å². The average molecular weight is 184 g/mol. The lowest BCUT2D eigenvalue weighted by Gasteiger charge is -2.28. The topological polar surface area (TPSA) is 40.3 Å². The average Bonchev–Trinajstić information content (AvgIpc) is 2.07. The van der Waals surface area contributed by atoms with Crippen LogP contribution in [-0.2, 0) is 4.79 Å². The van der Waals surface area contributed by atoms with Gasteiger partial charge in [-0.1, -0.05) is 13.8 Å². The summed E-state index contributed by atoms with van der Waals surface area (Å²) in [7, 11) is 1.87. The minimum atomic E-state index is -0.770. The van der Waals surface area contributed by atoms with Crippen LogP contribution in [0.2, 0.25) is 0 Å². The van der Waals surface area contributed by atoms with Crippen LogP contribution in [0.3, 0.4) is 0 Å². The molecule has 3 nitrogen and oxygen atoms in total. The Morgan fingerprint density at radius 1 is 1.46 bits per heavy atom. The van der Waals surface area contributed by atoms with Crippen LogP contribution in [0, 0.1) is 11.8 Å². The Labute approximate surface area is 79.1 Å². The third-order valence-electron chi connectivity index (χ3n) is 3.46. The molecule has 74 valence electrons. The van der Waals surface area contributed by atoms with Crippen LogP contribution in [0.15, 0.2) is 0 Å². The van der Waals surface area contributed by atoms with Crippen LogP contribution in [-0.4, -0.2) is 34.5 Å². The molecule has 0 fully saturated rings. The number of carboxylic acid groups (broad SMARTS) is 1. The van der Waals surface area contributed by atoms with Gasteiger partial charge in [0.25, 0.3) is 5.71 Å². The number of hydrogen-bond acceptors (Lipinski definition) is 1. The van der Waals surface area contributed by atoms with E-state index in [-0.39, 0.29) is 0 Å². The zero-order valence-electron chi connectivity index (χ0n) is 8.74. The van der Waals surface area contributed by atoms with Gasteiger partial charge in [-0.25, -0.2) is 9.37 Å². The monoisotopic (exact) mass is 184 g/mol. The van der Waals surface area contributed by atoms with E-state index in [0.29, 0.717) is 30.0 Å². The van der Waals surface area contributed by atoms with E-state index in [4.69, 9.17) is 5.11 Å². The molecule has 3 unspecified atom stereocenters. The number of rotatable bonds is 1. The molecule has 0 saturated carbocycles. The predicted molar refractivity (Wildman–Crippen MR) is 51.2 cm³/mol. The van der Waals surface area contributed by atoms with Crippen molar-refractivity contribution in [2.75, 3.05) is 7.05 Å². The van der Waals surface area contributed by atoms with Crippen molar-refractivity contribution in [1.29, 1.82) is 0 Å². The first-order valence-electron chi connectivity index (χ1n) is 4.77. The molecule has 0 aromatic heterocycles. The quantitative estimate of drug-likeness (QED) is 0.622. The van der Waals surface area contributed by atoms with E-state index < -0.39 is 5.97 Å². The zero-order chi connectivity index (χ0) is 10.2. The van der Waals surface area contributed by atoms with Crippen LogP contribution >= 0.6 is 0 Å². The summed E-state index contributed by atoms with van der Waals surface area (Å²) in [6.07, 6.45) is 0.692. The summed E-state index contributed by atoms with van der Waals surface area (Å²) in [5.41, 5.74) is 0.554. The number of nitrogens with zero attached hydrogens (tertiary/aromatic N) is 1. The van der Waals surface area contributed by atoms with Gasteiger partial charge in [0.1, 0.15) is 7.05 Å². The van der Waals surface area contributed by atoms with Gasteiger partial charge in [-0.15, -0.1) is 0 Å². The summed E-state index contributed by atoms with van der Waals surface area (Å²) >= 11 is 0. The van der Waals surface area contributed by atoms with E-state index in [0.717, 1.165) is 0 Å². The van der Waals surface area contributed by atoms with Gasteiger partial charge in [0.15, 0.2) is 6.04 Å². The SMILES string of the molecule is CC1CC(C(=O)O)=[N+](C)C(C)C1C. The molecule has 0 bridgehead atoms. The molecule has 0 saturated heterocycles. The van der Waals surface area contributed by atoms with Gasteiger partial charge in [-0.3, -0.25) is 0 Å². The van der Waals surface area contributed by atoms with Crippen LogP contribution in [0.5, 0.6) is 0 Å². The molecule has 1 N–H and O–H groups in total. The highest BCUT2D eigenvalue weighted by molar-refractivity contribution is 6.33. The number of carboxylic acids is 1. The van der Waals surface area contributed by atoms with Crippen LogP contribution in [0.25, 0.3) is 0 Å². The van der Waals surface area contributed by atoms with E-state index in [9.17, 15) is 4.79 Å². The molecule has 1 aliphatic heterocycles. The number of aliphatic carboxylic acids is 1. The van der Waals surface area contributed by atoms with E-state index in [1.54, 1.807) is 0 Å². The van der Waals surface area contributed by atoms with E-state index in [1.807, 2.05) is 11.6 Å². The lowest BCUT2D eigenvalue weighted by Crippen LogP contribution is -2.43. The Morgan fingerprint density at radius 3 is 2.46 bits per heavy atom. The third kappa shape index (κ3) is 1.74. The van der Waals surface area contributed by atoms with Crippen molar-refractivity contribution in [3.05, 3.63) is 0 Å². The molecule has 1 rings (SSSR count). The largest absolute Gasteiger partial charge is 0.474 e. The molecular formula is C10H18NO2+. The number of carbonyl (C=O) groups is 1. The molecule has 0 spiro atoms. The second kappa shape index (κ2) is 3.48. The molecule has 1 aliphatic rings. The molecule has 3 atom stereocenters. The minimum absolute atomic E-state index is 0.329. The van der Waals surface area contributed by atoms with Gasteiger partial charge in [0, 0.05) is 12.3 Å². The normalized spacial score (nSPS) is 34.9. The Morgan fingerprint density at radius 2 is 2.00 bits per heavy atom. The molecule has 0 aromatic rings. The highest BCUT2D eigenvalue weighted by Gasteiger charge is 2.37. The van der Waals surface area contributed by atoms with Gasteiger partial charge >= 0.3 is 5.97 Å². The molecule has 0 amide bonds. The van der Waals surface area contributed by atoms with Crippen molar-refractivity contribution in [3.63, 3.8) is 0 Å². The second-order valence-electron chi connectivity index (χ2n) is 4.14. The van der Waals surface area contributed by atoms with Crippen molar-refractivity contribution >= 4 is 11.7 Å². The van der Waals surface area contributed by atoms with Crippen molar-refractivity contribution in [3.8, 4) is 0 Å². The maximum Gasteiger partial charge on any atom is 0.396 e. The van der Waals surface area contributed by atoms with Crippen molar-refractivity contribution in [2.24, 2.45) is 11.8 Å². The van der Waals surface area contributed by atoms with Gasteiger partial charge < -0.3 is 5.11 Å². The fourth-order valence-corrected chi connectivity index (χ4v) is 1.95. The van der Waals surface area contributed by atoms with Crippen LogP contribution in [0.4, 0.5) is 0 Å². The maximum atomic E-state index is 10.9. The summed E-state index contributed by atoms with van der Waals surface area (Å²) < 4.78 is 1.90. The van der Waals surface area contributed by atoms with Crippen molar-refractivity contribution in [2.45, 2.75) is 33.2 Å². The standard InChI is InChI=1S/C10H17NO2/c1-6-5-9(10(12)13)11(4)8(3)7(6)2/h6-8H,5H2,1-4H3/p+1. The highest BCUT2D eigenvalue weighted by atomic mass is 16.4. The first kappa shape index (κ1) is 10.2. The van der Waals surface area contributed by atoms with Gasteiger partial charge in [-0.05, 0) is 12.8 Å². The van der Waals surface area contributed by atoms with Crippen LogP contribution in [0.1, 0.15) is 27.2 Å². The molecule has 1 heterocycles. The Hall–Kier alpha value is -0.860. The fraction of sp³-hybridized carbons (Fsp3) is 0.800. The molecule has 3 heteroatoms. The molecule has 0 aromatic carbocycles. The van der Waals surface area contributed by atoms with E-state index in [2.05, 4.69) is 20.8 Å². The Balaban J connectivity index is 3.01. The smallest absolute Gasteiger partial charge is 0.396 e. The Bertz CT molecular complexity index is 258. The van der Waals surface area contributed by atoms with Gasteiger partial charge in [-0.2, -0.15) is 0 Å². The van der Waals surface area contributed by atoms with Gasteiger partial charge in [0.2, 0.25) is 0 Å². The molecule has 0 aliphatic carbocycles. The summed E-state index contributed by atoms with van der Waals surface area (Å²) in [5.74, 6) is 0.262. The maximum absolute atomic E-state index is 10.9. The molecule has 0 radical (unpaired) electrons. The summed E-state index contributed by atoms with van der Waals surface area (Å²) in [6.45, 7) is 6.39. The second-order valence-corrected chi connectivity index (χ2v) is 4.14. The van der Waals surface area contributed by atoms with Crippen molar-refractivity contribution < 1.29 is 14.5 Å². The lowest BCUT2D eigenvalue weighted by atomic mass is 9.82. The summed E-state index contributed by atoms with van der Waals surface area (Å²) in [6, 6.07) is 0.329. The first-order chi connectivity index (χ1) is 5.95. The molecule has 13 heavy (non-hydrogen) atoms. The third-order valence-corrected chi connectivity index (χ3v) is 3.46. The summed E-state index contributed by atoms with van der Waals surface area (Å²) in [5, 5.41) is 8.95.